The summed E-state index contributed by atoms with van der Waals surface area (Å²) >= 11 is 3.57. The number of benzene rings is 1. The average molecular weight is 349 g/mol. The molecule has 1 saturated heterocycles. The third kappa shape index (κ3) is 2.62. The smallest absolute Gasteiger partial charge is 0.328 e. The van der Waals surface area contributed by atoms with E-state index in [1.807, 2.05) is 31.2 Å². The van der Waals surface area contributed by atoms with E-state index in [0.717, 1.165) is 40.4 Å². The molecule has 0 aliphatic carbocycles. The van der Waals surface area contributed by atoms with E-state index >= 15 is 0 Å². The zero-order valence-electron chi connectivity index (χ0n) is 11.9. The number of pyridine rings is 1. The molecule has 0 bridgehead atoms. The molecular weight excluding hydrogens is 332 g/mol. The lowest BCUT2D eigenvalue weighted by Gasteiger charge is -2.25. The molecule has 1 atom stereocenters. The predicted octanol–water partition coefficient (Wildman–Crippen LogP) is 3.53. The van der Waals surface area contributed by atoms with Gasteiger partial charge in [-0.1, -0.05) is 28.1 Å². The minimum Gasteiger partial charge on any atom is -0.464 e. The highest BCUT2D eigenvalue weighted by molar-refractivity contribution is 9.10. The fourth-order valence-electron chi connectivity index (χ4n) is 2.89. The van der Waals surface area contributed by atoms with Crippen molar-refractivity contribution in [2.75, 3.05) is 18.1 Å². The van der Waals surface area contributed by atoms with E-state index in [0.29, 0.717) is 6.61 Å². The van der Waals surface area contributed by atoms with Crippen molar-refractivity contribution in [2.24, 2.45) is 0 Å². The fraction of sp³-hybridized carbons (Fsp3) is 0.375. The number of esters is 1. The van der Waals surface area contributed by atoms with Crippen molar-refractivity contribution < 1.29 is 9.53 Å². The summed E-state index contributed by atoms with van der Waals surface area (Å²) in [5.41, 5.74) is 0. The SMILES string of the molecule is CCOC(=O)C1CCCN1c1nccc2c(Br)cccc12. The van der Waals surface area contributed by atoms with Crippen molar-refractivity contribution in [3.05, 3.63) is 34.9 Å². The van der Waals surface area contributed by atoms with E-state index < -0.39 is 0 Å². The number of nitrogens with zero attached hydrogens (tertiary/aromatic N) is 2. The number of ether oxygens (including phenoxy) is 1. The van der Waals surface area contributed by atoms with Crippen molar-refractivity contribution in [1.82, 2.24) is 4.98 Å². The normalized spacial score (nSPS) is 18.2. The highest BCUT2D eigenvalue weighted by atomic mass is 79.9. The highest BCUT2D eigenvalue weighted by Gasteiger charge is 2.33. The molecule has 0 amide bonds. The molecule has 1 aromatic heterocycles. The van der Waals surface area contributed by atoms with Gasteiger partial charge in [0.05, 0.1) is 6.61 Å². The minimum atomic E-state index is -0.220. The third-order valence-corrected chi connectivity index (χ3v) is 4.51. The van der Waals surface area contributed by atoms with Crippen molar-refractivity contribution in [2.45, 2.75) is 25.8 Å². The number of aromatic nitrogens is 1. The van der Waals surface area contributed by atoms with Crippen LogP contribution in [0.1, 0.15) is 19.8 Å². The van der Waals surface area contributed by atoms with E-state index in [4.69, 9.17) is 4.74 Å². The monoisotopic (exact) mass is 348 g/mol. The van der Waals surface area contributed by atoms with Gasteiger partial charge in [0.2, 0.25) is 0 Å². The number of rotatable bonds is 3. The van der Waals surface area contributed by atoms with Gasteiger partial charge < -0.3 is 9.64 Å². The van der Waals surface area contributed by atoms with Gasteiger partial charge in [-0.3, -0.25) is 0 Å². The summed E-state index contributed by atoms with van der Waals surface area (Å²) < 4.78 is 6.23. The molecule has 2 aromatic rings. The van der Waals surface area contributed by atoms with Gasteiger partial charge in [-0.15, -0.1) is 0 Å². The molecule has 1 fully saturated rings. The van der Waals surface area contributed by atoms with Crippen LogP contribution >= 0.6 is 15.9 Å². The van der Waals surface area contributed by atoms with Crippen LogP contribution in [0.4, 0.5) is 5.82 Å². The molecule has 1 aliphatic rings. The number of hydrogen-bond acceptors (Lipinski definition) is 4. The van der Waals surface area contributed by atoms with Gasteiger partial charge in [-0.25, -0.2) is 9.78 Å². The van der Waals surface area contributed by atoms with Crippen LogP contribution in [0.3, 0.4) is 0 Å². The van der Waals surface area contributed by atoms with Crippen LogP contribution in [0.25, 0.3) is 10.8 Å². The molecule has 0 radical (unpaired) electrons. The molecule has 110 valence electrons. The Morgan fingerprint density at radius 1 is 1.43 bits per heavy atom. The van der Waals surface area contributed by atoms with Crippen LogP contribution in [-0.2, 0) is 9.53 Å². The molecule has 0 spiro atoms. The molecular formula is C16H17BrN2O2. The van der Waals surface area contributed by atoms with Crippen LogP contribution in [-0.4, -0.2) is 30.1 Å². The van der Waals surface area contributed by atoms with Crippen molar-refractivity contribution in [1.29, 1.82) is 0 Å². The molecule has 4 nitrogen and oxygen atoms in total. The molecule has 0 N–H and O–H groups in total. The topological polar surface area (TPSA) is 42.4 Å². The largest absolute Gasteiger partial charge is 0.464 e. The van der Waals surface area contributed by atoms with Gasteiger partial charge in [0.15, 0.2) is 0 Å². The quantitative estimate of drug-likeness (QED) is 0.795. The van der Waals surface area contributed by atoms with Gasteiger partial charge in [0, 0.05) is 28.0 Å². The highest BCUT2D eigenvalue weighted by Crippen LogP contribution is 2.33. The Labute approximate surface area is 132 Å². The van der Waals surface area contributed by atoms with Crippen LogP contribution in [0.5, 0.6) is 0 Å². The van der Waals surface area contributed by atoms with Gasteiger partial charge in [0.25, 0.3) is 0 Å². The molecule has 3 rings (SSSR count). The Morgan fingerprint density at radius 3 is 3.10 bits per heavy atom. The molecule has 1 aromatic carbocycles. The summed E-state index contributed by atoms with van der Waals surface area (Å²) in [4.78, 5) is 18.7. The summed E-state index contributed by atoms with van der Waals surface area (Å²) in [6, 6.07) is 7.81. The number of hydrogen-bond donors (Lipinski definition) is 0. The molecule has 0 saturated carbocycles. The van der Waals surface area contributed by atoms with Gasteiger partial charge in [-0.05, 0) is 31.9 Å². The minimum absolute atomic E-state index is 0.149. The first kappa shape index (κ1) is 14.3. The standard InChI is InChI=1S/C16H17BrN2O2/c1-2-21-16(20)14-7-4-10-19(14)15-12-5-3-6-13(17)11(12)8-9-18-15/h3,5-6,8-9,14H,2,4,7,10H2,1H3. The first-order valence-corrected chi connectivity index (χ1v) is 7.98. The first-order chi connectivity index (χ1) is 10.2. The van der Waals surface area contributed by atoms with Gasteiger partial charge in [-0.2, -0.15) is 0 Å². The molecule has 21 heavy (non-hydrogen) atoms. The second-order valence-corrected chi connectivity index (χ2v) is 5.93. The number of anilines is 1. The zero-order chi connectivity index (χ0) is 14.8. The van der Waals surface area contributed by atoms with E-state index in [9.17, 15) is 4.79 Å². The van der Waals surface area contributed by atoms with Gasteiger partial charge in [0.1, 0.15) is 11.9 Å². The Bertz CT molecular complexity index is 674. The fourth-order valence-corrected chi connectivity index (χ4v) is 3.38. The third-order valence-electron chi connectivity index (χ3n) is 3.82. The summed E-state index contributed by atoms with van der Waals surface area (Å²) in [6.45, 7) is 3.09. The Hall–Kier alpha value is -1.62. The summed E-state index contributed by atoms with van der Waals surface area (Å²) in [5, 5.41) is 2.17. The molecule has 5 heteroatoms. The van der Waals surface area contributed by atoms with E-state index in [2.05, 4.69) is 25.8 Å². The van der Waals surface area contributed by atoms with E-state index in [1.54, 1.807) is 6.20 Å². The summed E-state index contributed by atoms with van der Waals surface area (Å²) in [7, 11) is 0. The lowest BCUT2D eigenvalue weighted by Crippen LogP contribution is -2.38. The van der Waals surface area contributed by atoms with E-state index in [1.165, 1.54) is 0 Å². The van der Waals surface area contributed by atoms with Crippen molar-refractivity contribution in [3.8, 4) is 0 Å². The van der Waals surface area contributed by atoms with Crippen LogP contribution < -0.4 is 4.90 Å². The van der Waals surface area contributed by atoms with Gasteiger partial charge >= 0.3 is 5.97 Å². The van der Waals surface area contributed by atoms with Crippen molar-refractivity contribution in [3.63, 3.8) is 0 Å². The summed E-state index contributed by atoms with van der Waals surface area (Å²) in [5.74, 6) is 0.716. The molecule has 2 heterocycles. The average Bonchev–Trinajstić information content (AvgIpc) is 2.97. The second-order valence-electron chi connectivity index (χ2n) is 5.07. The maximum absolute atomic E-state index is 12.1. The van der Waals surface area contributed by atoms with E-state index in [-0.39, 0.29) is 12.0 Å². The number of fused-ring (bicyclic) bond motifs is 1. The number of carbonyl (C=O) groups is 1. The lowest BCUT2D eigenvalue weighted by atomic mass is 10.1. The number of carbonyl (C=O) groups excluding carboxylic acids is 1. The second kappa shape index (κ2) is 6.02. The number of halogens is 1. The first-order valence-electron chi connectivity index (χ1n) is 7.19. The van der Waals surface area contributed by atoms with Crippen LogP contribution in [0.2, 0.25) is 0 Å². The van der Waals surface area contributed by atoms with Crippen molar-refractivity contribution >= 4 is 38.5 Å². The molecule has 1 aliphatic heterocycles. The van der Waals surface area contributed by atoms with Crippen LogP contribution in [0.15, 0.2) is 34.9 Å². The van der Waals surface area contributed by atoms with Crippen LogP contribution in [0, 0.1) is 0 Å². The Morgan fingerprint density at radius 2 is 2.29 bits per heavy atom. The zero-order valence-corrected chi connectivity index (χ0v) is 13.5. The lowest BCUT2D eigenvalue weighted by molar-refractivity contribution is -0.144. The Kier molecular flexibility index (Phi) is 4.10. The maximum atomic E-state index is 12.1. The Balaban J connectivity index is 2.03. The predicted molar refractivity (Wildman–Crippen MR) is 86.4 cm³/mol. The summed E-state index contributed by atoms with van der Waals surface area (Å²) in [6.07, 6.45) is 3.60. The molecule has 1 unspecified atom stereocenters. The maximum Gasteiger partial charge on any atom is 0.328 e.